The summed E-state index contributed by atoms with van der Waals surface area (Å²) in [6.07, 6.45) is 3.85. The van der Waals surface area contributed by atoms with Gasteiger partial charge in [-0.1, -0.05) is 12.1 Å². The van der Waals surface area contributed by atoms with E-state index in [2.05, 4.69) is 11.5 Å². The van der Waals surface area contributed by atoms with Crippen molar-refractivity contribution in [3.63, 3.8) is 0 Å². The molecule has 0 spiro atoms. The summed E-state index contributed by atoms with van der Waals surface area (Å²) in [5, 5.41) is 1.01. The summed E-state index contributed by atoms with van der Waals surface area (Å²) in [5.41, 5.74) is 4.39. The van der Waals surface area contributed by atoms with E-state index in [9.17, 15) is 4.79 Å². The van der Waals surface area contributed by atoms with Crippen molar-refractivity contribution in [2.45, 2.75) is 27.0 Å². The highest BCUT2D eigenvalue weighted by Gasteiger charge is 2.30. The van der Waals surface area contributed by atoms with Gasteiger partial charge < -0.3 is 23.5 Å². The van der Waals surface area contributed by atoms with Crippen LogP contribution in [-0.2, 0) is 13.2 Å². The minimum Gasteiger partial charge on any atom is -0.497 e. The van der Waals surface area contributed by atoms with Crippen LogP contribution in [0.3, 0.4) is 0 Å². The molecule has 3 aromatic carbocycles. The zero-order valence-corrected chi connectivity index (χ0v) is 20.3. The van der Waals surface area contributed by atoms with Gasteiger partial charge >= 0.3 is 0 Å². The van der Waals surface area contributed by atoms with E-state index in [-0.39, 0.29) is 5.78 Å². The third-order valence-electron chi connectivity index (χ3n) is 6.25. The maximum atomic E-state index is 13.2. The highest BCUT2D eigenvalue weighted by molar-refractivity contribution is 6.16. The zero-order chi connectivity index (χ0) is 24.5. The third-order valence-corrected chi connectivity index (χ3v) is 6.25. The molecule has 178 valence electrons. The Labute approximate surface area is 204 Å². The molecular weight excluding hydrogens is 442 g/mol. The lowest BCUT2D eigenvalue weighted by molar-refractivity contribution is 0.101. The number of nitrogens with zero attached hydrogens (tertiary/aromatic N) is 1. The highest BCUT2D eigenvalue weighted by atomic mass is 16.5. The van der Waals surface area contributed by atoms with E-state index in [0.29, 0.717) is 29.4 Å². The van der Waals surface area contributed by atoms with Crippen LogP contribution in [0.1, 0.15) is 34.0 Å². The minimum atomic E-state index is -0.125. The molecular formula is C29H27NO5. The number of aryl methyl sites for hydroxylation is 2. The molecule has 6 heteroatoms. The lowest BCUT2D eigenvalue weighted by Gasteiger charge is -2.09. The largest absolute Gasteiger partial charge is 0.497 e. The standard InChI is InChI=1S/C29H27NO5/c1-5-30-16-20(24-14-22(33-4)10-11-25(24)30)13-27-29(31)28-18(2)12-23(15-26(28)35-27)34-17-19-6-8-21(32-3)9-7-19/h6-16H,5,17H2,1-4H3/b27-13-. The molecule has 0 atom stereocenters. The first-order valence-electron chi connectivity index (χ1n) is 11.5. The van der Waals surface area contributed by atoms with Gasteiger partial charge in [0, 0.05) is 35.3 Å². The lowest BCUT2D eigenvalue weighted by Crippen LogP contribution is -2.00. The SMILES string of the molecule is CCn1cc(/C=C2\Oc3cc(OCc4ccc(OC)cc4)cc(C)c3C2=O)c2cc(OC)ccc21. The van der Waals surface area contributed by atoms with Crippen LogP contribution in [0, 0.1) is 6.92 Å². The number of benzene rings is 3. The van der Waals surface area contributed by atoms with Crippen molar-refractivity contribution in [3.8, 4) is 23.0 Å². The molecule has 0 radical (unpaired) electrons. The summed E-state index contributed by atoms with van der Waals surface area (Å²) in [5.74, 6) is 2.91. The van der Waals surface area contributed by atoms with Crippen molar-refractivity contribution in [2.75, 3.05) is 14.2 Å². The van der Waals surface area contributed by atoms with Gasteiger partial charge in [0.2, 0.25) is 5.78 Å². The molecule has 0 saturated carbocycles. The Hall–Kier alpha value is -4.19. The fraction of sp³-hybridized carbons (Fsp3) is 0.207. The van der Waals surface area contributed by atoms with Gasteiger partial charge in [-0.15, -0.1) is 0 Å². The van der Waals surface area contributed by atoms with E-state index in [1.165, 1.54) is 0 Å². The van der Waals surface area contributed by atoms with Crippen LogP contribution in [0.4, 0.5) is 0 Å². The maximum absolute atomic E-state index is 13.2. The molecule has 0 saturated heterocycles. The van der Waals surface area contributed by atoms with Crippen molar-refractivity contribution >= 4 is 22.8 Å². The number of rotatable bonds is 7. The zero-order valence-electron chi connectivity index (χ0n) is 20.3. The molecule has 1 aromatic heterocycles. The molecule has 2 heterocycles. The number of ketones is 1. The predicted octanol–water partition coefficient (Wildman–Crippen LogP) is 6.18. The lowest BCUT2D eigenvalue weighted by atomic mass is 10.0. The Morgan fingerprint density at radius 2 is 1.69 bits per heavy atom. The van der Waals surface area contributed by atoms with Crippen LogP contribution in [-0.4, -0.2) is 24.6 Å². The van der Waals surface area contributed by atoms with Crippen molar-refractivity contribution in [1.29, 1.82) is 0 Å². The molecule has 35 heavy (non-hydrogen) atoms. The first-order chi connectivity index (χ1) is 17.0. The van der Waals surface area contributed by atoms with Crippen molar-refractivity contribution < 1.29 is 23.7 Å². The number of allylic oxidation sites excluding steroid dienone is 1. The summed E-state index contributed by atoms with van der Waals surface area (Å²) in [6.45, 7) is 5.20. The summed E-state index contributed by atoms with van der Waals surface area (Å²) >= 11 is 0. The summed E-state index contributed by atoms with van der Waals surface area (Å²) in [7, 11) is 3.29. The van der Waals surface area contributed by atoms with Gasteiger partial charge in [0.15, 0.2) is 5.76 Å². The van der Waals surface area contributed by atoms with E-state index in [1.54, 1.807) is 20.3 Å². The summed E-state index contributed by atoms with van der Waals surface area (Å²) < 4.78 is 24.8. The van der Waals surface area contributed by atoms with Gasteiger partial charge in [0.05, 0.1) is 19.8 Å². The van der Waals surface area contributed by atoms with Gasteiger partial charge in [-0.25, -0.2) is 0 Å². The molecule has 0 fully saturated rings. The Kier molecular flexibility index (Phi) is 5.95. The molecule has 0 aliphatic carbocycles. The van der Waals surface area contributed by atoms with E-state index in [1.807, 2.05) is 67.7 Å². The predicted molar refractivity (Wildman–Crippen MR) is 136 cm³/mol. The number of Topliss-reactive ketones (excluding diaryl/α,β-unsaturated/α-hetero) is 1. The van der Waals surface area contributed by atoms with Gasteiger partial charge in [-0.2, -0.15) is 0 Å². The Balaban J connectivity index is 1.42. The first kappa shape index (κ1) is 22.6. The molecule has 0 N–H and O–H groups in total. The number of hydrogen-bond donors (Lipinski definition) is 0. The number of carbonyl (C=O) groups is 1. The molecule has 4 aromatic rings. The van der Waals surface area contributed by atoms with Crippen molar-refractivity contribution in [3.05, 3.63) is 88.8 Å². The maximum Gasteiger partial charge on any atom is 0.232 e. The van der Waals surface area contributed by atoms with Gasteiger partial charge in [-0.3, -0.25) is 4.79 Å². The average molecular weight is 470 g/mol. The monoisotopic (exact) mass is 469 g/mol. The molecule has 0 unspecified atom stereocenters. The summed E-state index contributed by atoms with van der Waals surface area (Å²) in [4.78, 5) is 13.2. The fourth-order valence-corrected chi connectivity index (χ4v) is 4.40. The highest BCUT2D eigenvalue weighted by Crippen LogP contribution is 2.38. The minimum absolute atomic E-state index is 0.125. The Morgan fingerprint density at radius 3 is 2.40 bits per heavy atom. The average Bonchev–Trinajstić information content (AvgIpc) is 3.39. The molecule has 0 amide bonds. The van der Waals surface area contributed by atoms with Gasteiger partial charge in [-0.05, 0) is 67.4 Å². The molecule has 5 rings (SSSR count). The molecule has 0 bridgehead atoms. The Bertz CT molecular complexity index is 1450. The second-order valence-electron chi connectivity index (χ2n) is 8.44. The fourth-order valence-electron chi connectivity index (χ4n) is 4.40. The van der Waals surface area contributed by atoms with Crippen LogP contribution < -0.4 is 18.9 Å². The van der Waals surface area contributed by atoms with Crippen molar-refractivity contribution in [1.82, 2.24) is 4.57 Å². The number of aromatic nitrogens is 1. The molecule has 6 nitrogen and oxygen atoms in total. The Morgan fingerprint density at radius 1 is 0.943 bits per heavy atom. The number of carbonyl (C=O) groups excluding carboxylic acids is 1. The van der Waals surface area contributed by atoms with E-state index < -0.39 is 0 Å². The summed E-state index contributed by atoms with van der Waals surface area (Å²) in [6, 6.07) is 17.3. The molecule has 1 aliphatic rings. The van der Waals surface area contributed by atoms with Gasteiger partial charge in [0.25, 0.3) is 0 Å². The van der Waals surface area contributed by atoms with Crippen LogP contribution in [0.2, 0.25) is 0 Å². The van der Waals surface area contributed by atoms with E-state index in [4.69, 9.17) is 18.9 Å². The van der Waals surface area contributed by atoms with Crippen LogP contribution in [0.5, 0.6) is 23.0 Å². The number of fused-ring (bicyclic) bond motifs is 2. The van der Waals surface area contributed by atoms with Crippen LogP contribution >= 0.6 is 0 Å². The quantitative estimate of drug-likeness (QED) is 0.303. The first-order valence-corrected chi connectivity index (χ1v) is 11.5. The smallest absolute Gasteiger partial charge is 0.232 e. The second kappa shape index (κ2) is 9.22. The van der Waals surface area contributed by atoms with Gasteiger partial charge in [0.1, 0.15) is 29.6 Å². The van der Waals surface area contributed by atoms with E-state index >= 15 is 0 Å². The third kappa shape index (κ3) is 4.23. The van der Waals surface area contributed by atoms with E-state index in [0.717, 1.165) is 45.6 Å². The number of hydrogen-bond acceptors (Lipinski definition) is 5. The van der Waals surface area contributed by atoms with Crippen LogP contribution in [0.15, 0.2) is 66.6 Å². The molecule has 1 aliphatic heterocycles. The van der Waals surface area contributed by atoms with Crippen LogP contribution in [0.25, 0.3) is 17.0 Å². The number of methoxy groups -OCH3 is 2. The van der Waals surface area contributed by atoms with Crippen molar-refractivity contribution in [2.24, 2.45) is 0 Å². The second-order valence-corrected chi connectivity index (χ2v) is 8.44. The topological polar surface area (TPSA) is 58.9 Å². The normalized spacial score (nSPS) is 13.7. The number of ether oxygens (including phenoxy) is 4.